The predicted molar refractivity (Wildman–Crippen MR) is 65.3 cm³/mol. The van der Waals surface area contributed by atoms with Gasteiger partial charge in [0, 0.05) is 11.4 Å². The molecule has 2 aromatic rings. The first-order chi connectivity index (χ1) is 8.24. The number of carboxylic acids is 1. The van der Waals surface area contributed by atoms with E-state index in [1.54, 1.807) is 6.07 Å². The number of nitrogens with one attached hydrogen (secondary N) is 1. The third-order valence-corrected chi connectivity index (χ3v) is 2.88. The highest BCUT2D eigenvalue weighted by Gasteiger charge is 2.22. The molecule has 0 atom stereocenters. The van der Waals surface area contributed by atoms with Crippen LogP contribution in [0.5, 0.6) is 0 Å². The molecular formula is C13H12N2O2. The highest BCUT2D eigenvalue weighted by molar-refractivity contribution is 5.97. The number of carbonyl (C=O) groups is 1. The van der Waals surface area contributed by atoms with Crippen LogP contribution >= 0.6 is 0 Å². The average molecular weight is 228 g/mol. The Morgan fingerprint density at radius 3 is 2.82 bits per heavy atom. The number of carboxylic acid groups (broad SMARTS) is 1. The normalized spacial score (nSPS) is 14.8. The summed E-state index contributed by atoms with van der Waals surface area (Å²) >= 11 is 0. The van der Waals surface area contributed by atoms with Gasteiger partial charge in [-0.3, -0.25) is 0 Å². The fourth-order valence-electron chi connectivity index (χ4n) is 1.84. The molecule has 1 fully saturated rings. The van der Waals surface area contributed by atoms with E-state index in [1.807, 2.05) is 24.3 Å². The van der Waals surface area contributed by atoms with Crippen molar-refractivity contribution in [3.05, 3.63) is 36.0 Å². The van der Waals surface area contributed by atoms with Crippen LogP contribution in [0.15, 0.2) is 30.3 Å². The van der Waals surface area contributed by atoms with E-state index in [9.17, 15) is 4.79 Å². The number of nitrogens with zero attached hydrogens (tertiary/aromatic N) is 1. The summed E-state index contributed by atoms with van der Waals surface area (Å²) in [6.45, 7) is 0. The first-order valence-corrected chi connectivity index (χ1v) is 5.63. The van der Waals surface area contributed by atoms with E-state index in [0.717, 1.165) is 23.6 Å². The second kappa shape index (κ2) is 3.73. The van der Waals surface area contributed by atoms with Crippen molar-refractivity contribution >= 4 is 22.6 Å². The van der Waals surface area contributed by atoms with E-state index in [-0.39, 0.29) is 5.69 Å². The van der Waals surface area contributed by atoms with Gasteiger partial charge in [0.25, 0.3) is 0 Å². The Labute approximate surface area is 98.3 Å². The molecule has 3 rings (SSSR count). The van der Waals surface area contributed by atoms with Gasteiger partial charge in [-0.05, 0) is 24.3 Å². The first kappa shape index (κ1) is 10.1. The van der Waals surface area contributed by atoms with Gasteiger partial charge in [-0.15, -0.1) is 0 Å². The standard InChI is InChI=1S/C13H12N2O2/c16-13(17)11-7-8-3-1-2-4-10(8)12(15-11)14-9-5-6-9/h1-4,7,9H,5-6H2,(H,14,15)(H,16,17). The number of aromatic carboxylic acids is 1. The molecule has 0 bridgehead atoms. The summed E-state index contributed by atoms with van der Waals surface area (Å²) in [6.07, 6.45) is 2.26. The minimum atomic E-state index is -0.991. The average Bonchev–Trinajstić information content (AvgIpc) is 3.13. The number of rotatable bonds is 3. The fourth-order valence-corrected chi connectivity index (χ4v) is 1.84. The smallest absolute Gasteiger partial charge is 0.354 e. The molecular weight excluding hydrogens is 216 g/mol. The lowest BCUT2D eigenvalue weighted by Gasteiger charge is -2.09. The van der Waals surface area contributed by atoms with Crippen LogP contribution in [0.25, 0.3) is 10.8 Å². The SMILES string of the molecule is O=C(O)c1cc2ccccc2c(NC2CC2)n1. The van der Waals surface area contributed by atoms with Crippen LogP contribution in [0.4, 0.5) is 5.82 Å². The van der Waals surface area contributed by atoms with Crippen LogP contribution in [0, 0.1) is 0 Å². The highest BCUT2D eigenvalue weighted by atomic mass is 16.4. The van der Waals surface area contributed by atoms with Gasteiger partial charge in [0.1, 0.15) is 5.82 Å². The molecule has 0 saturated heterocycles. The first-order valence-electron chi connectivity index (χ1n) is 5.63. The van der Waals surface area contributed by atoms with Crippen LogP contribution in [0.3, 0.4) is 0 Å². The molecule has 1 heterocycles. The molecule has 1 saturated carbocycles. The summed E-state index contributed by atoms with van der Waals surface area (Å²) in [5.74, 6) is -0.308. The lowest BCUT2D eigenvalue weighted by molar-refractivity contribution is 0.0691. The van der Waals surface area contributed by atoms with Gasteiger partial charge < -0.3 is 10.4 Å². The minimum absolute atomic E-state index is 0.0897. The Morgan fingerprint density at radius 1 is 1.35 bits per heavy atom. The summed E-state index contributed by atoms with van der Waals surface area (Å²) in [5, 5.41) is 14.2. The number of fused-ring (bicyclic) bond motifs is 1. The second-order valence-corrected chi connectivity index (χ2v) is 4.30. The summed E-state index contributed by atoms with van der Waals surface area (Å²) in [6, 6.07) is 9.75. The molecule has 0 spiro atoms. The largest absolute Gasteiger partial charge is 0.477 e. The predicted octanol–water partition coefficient (Wildman–Crippen LogP) is 2.51. The molecule has 0 radical (unpaired) electrons. The van der Waals surface area contributed by atoms with Gasteiger partial charge in [0.2, 0.25) is 0 Å². The van der Waals surface area contributed by atoms with Crippen molar-refractivity contribution in [2.45, 2.75) is 18.9 Å². The third kappa shape index (κ3) is 1.93. The van der Waals surface area contributed by atoms with Gasteiger partial charge in [-0.2, -0.15) is 0 Å². The van der Waals surface area contributed by atoms with E-state index in [1.165, 1.54) is 0 Å². The van der Waals surface area contributed by atoms with Crippen LogP contribution < -0.4 is 5.32 Å². The Bertz CT molecular complexity index is 591. The number of hydrogen-bond donors (Lipinski definition) is 2. The number of pyridine rings is 1. The van der Waals surface area contributed by atoms with Crippen molar-refractivity contribution in [1.82, 2.24) is 4.98 Å². The quantitative estimate of drug-likeness (QED) is 0.847. The molecule has 1 aliphatic carbocycles. The van der Waals surface area contributed by atoms with E-state index in [4.69, 9.17) is 5.11 Å². The number of anilines is 1. The molecule has 1 aliphatic rings. The maximum absolute atomic E-state index is 11.0. The summed E-state index contributed by atoms with van der Waals surface area (Å²) in [7, 11) is 0. The third-order valence-electron chi connectivity index (χ3n) is 2.88. The van der Waals surface area contributed by atoms with E-state index >= 15 is 0 Å². The maximum Gasteiger partial charge on any atom is 0.354 e. The van der Waals surface area contributed by atoms with Crippen LogP contribution in [0.2, 0.25) is 0 Å². The molecule has 0 aliphatic heterocycles. The number of hydrogen-bond acceptors (Lipinski definition) is 3. The molecule has 1 aromatic heterocycles. The molecule has 4 nitrogen and oxygen atoms in total. The summed E-state index contributed by atoms with van der Waals surface area (Å²) in [5.41, 5.74) is 0.0897. The molecule has 86 valence electrons. The Hall–Kier alpha value is -2.10. The van der Waals surface area contributed by atoms with E-state index in [0.29, 0.717) is 11.9 Å². The lowest BCUT2D eigenvalue weighted by Crippen LogP contribution is -2.08. The van der Waals surface area contributed by atoms with Crippen LogP contribution in [-0.2, 0) is 0 Å². The minimum Gasteiger partial charge on any atom is -0.477 e. The van der Waals surface area contributed by atoms with Crippen molar-refractivity contribution in [2.24, 2.45) is 0 Å². The zero-order valence-electron chi connectivity index (χ0n) is 9.18. The van der Waals surface area contributed by atoms with E-state index in [2.05, 4.69) is 10.3 Å². The van der Waals surface area contributed by atoms with Crippen molar-refractivity contribution < 1.29 is 9.90 Å². The molecule has 1 aromatic carbocycles. The molecule has 17 heavy (non-hydrogen) atoms. The van der Waals surface area contributed by atoms with Crippen LogP contribution in [0.1, 0.15) is 23.3 Å². The molecule has 4 heteroatoms. The number of benzene rings is 1. The Balaban J connectivity index is 2.17. The molecule has 2 N–H and O–H groups in total. The topological polar surface area (TPSA) is 62.2 Å². The van der Waals surface area contributed by atoms with E-state index < -0.39 is 5.97 Å². The lowest BCUT2D eigenvalue weighted by atomic mass is 10.1. The fraction of sp³-hybridized carbons (Fsp3) is 0.231. The monoisotopic (exact) mass is 228 g/mol. The van der Waals surface area contributed by atoms with Crippen molar-refractivity contribution in [1.29, 1.82) is 0 Å². The van der Waals surface area contributed by atoms with Gasteiger partial charge in [0.05, 0.1) is 0 Å². The van der Waals surface area contributed by atoms with Gasteiger partial charge in [-0.1, -0.05) is 24.3 Å². The summed E-state index contributed by atoms with van der Waals surface area (Å²) < 4.78 is 0. The van der Waals surface area contributed by atoms with Crippen molar-refractivity contribution in [2.75, 3.05) is 5.32 Å². The highest BCUT2D eigenvalue weighted by Crippen LogP contribution is 2.28. The van der Waals surface area contributed by atoms with Gasteiger partial charge >= 0.3 is 5.97 Å². The molecule has 0 unspecified atom stereocenters. The van der Waals surface area contributed by atoms with Crippen LogP contribution in [-0.4, -0.2) is 22.1 Å². The van der Waals surface area contributed by atoms with Gasteiger partial charge in [0.15, 0.2) is 5.69 Å². The Morgan fingerprint density at radius 2 is 2.12 bits per heavy atom. The zero-order chi connectivity index (χ0) is 11.8. The van der Waals surface area contributed by atoms with Crippen molar-refractivity contribution in [3.8, 4) is 0 Å². The molecule has 0 amide bonds. The maximum atomic E-state index is 11.0. The zero-order valence-corrected chi connectivity index (χ0v) is 9.18. The summed E-state index contributed by atoms with van der Waals surface area (Å²) in [4.78, 5) is 15.2. The van der Waals surface area contributed by atoms with Gasteiger partial charge in [-0.25, -0.2) is 9.78 Å². The van der Waals surface area contributed by atoms with Crippen molar-refractivity contribution in [3.63, 3.8) is 0 Å². The Kier molecular flexibility index (Phi) is 2.21. The number of aromatic nitrogens is 1. The second-order valence-electron chi connectivity index (χ2n) is 4.30.